The third-order valence-electron chi connectivity index (χ3n) is 2.62. The number of nitrogens with one attached hydrogen (secondary N) is 1. The van der Waals surface area contributed by atoms with Gasteiger partial charge in [-0.15, -0.1) is 0 Å². The second-order valence-corrected chi connectivity index (χ2v) is 4.80. The summed E-state index contributed by atoms with van der Waals surface area (Å²) >= 11 is 3.35. The Kier molecular flexibility index (Phi) is 4.06. The fourth-order valence-electron chi connectivity index (χ4n) is 1.67. The number of halogens is 1. The maximum absolute atomic E-state index is 12.2. The number of hydrogen-bond donors (Lipinski definition) is 2. The van der Waals surface area contributed by atoms with Gasteiger partial charge in [0.05, 0.1) is 18.4 Å². The minimum absolute atomic E-state index is 0.269. The van der Waals surface area contributed by atoms with Gasteiger partial charge in [0.25, 0.3) is 5.91 Å². The summed E-state index contributed by atoms with van der Waals surface area (Å²) in [6, 6.07) is 12.3. The molecule has 0 atom stereocenters. The van der Waals surface area contributed by atoms with Crippen LogP contribution in [-0.4, -0.2) is 13.0 Å². The molecule has 1 amide bonds. The Hall–Kier alpha value is -2.01. The maximum atomic E-state index is 12.2. The van der Waals surface area contributed by atoms with Crippen molar-refractivity contribution >= 4 is 33.2 Å². The molecule has 0 bridgehead atoms. The minimum Gasteiger partial charge on any atom is -0.495 e. The van der Waals surface area contributed by atoms with E-state index in [4.69, 9.17) is 10.5 Å². The first-order chi connectivity index (χ1) is 9.11. The highest BCUT2D eigenvalue weighted by molar-refractivity contribution is 9.10. The smallest absolute Gasteiger partial charge is 0.257 e. The van der Waals surface area contributed by atoms with Crippen LogP contribution in [0.4, 0.5) is 11.4 Å². The quantitative estimate of drug-likeness (QED) is 0.853. The predicted octanol–water partition coefficient (Wildman–Crippen LogP) is 3.29. The highest BCUT2D eigenvalue weighted by Gasteiger charge is 2.12. The summed E-state index contributed by atoms with van der Waals surface area (Å²) in [6.07, 6.45) is 0. The first-order valence-corrected chi connectivity index (χ1v) is 6.40. The second-order valence-electron chi connectivity index (χ2n) is 3.89. The van der Waals surface area contributed by atoms with E-state index < -0.39 is 0 Å². The van der Waals surface area contributed by atoms with Gasteiger partial charge in [-0.2, -0.15) is 0 Å². The maximum Gasteiger partial charge on any atom is 0.257 e. The Morgan fingerprint density at radius 3 is 2.68 bits per heavy atom. The molecule has 19 heavy (non-hydrogen) atoms. The summed E-state index contributed by atoms with van der Waals surface area (Å²) in [4.78, 5) is 12.2. The molecule has 0 spiro atoms. The SMILES string of the molecule is COc1ccc(Br)cc1NC(=O)c1ccccc1N. The van der Waals surface area contributed by atoms with E-state index in [1.54, 1.807) is 43.5 Å². The Labute approximate surface area is 119 Å². The van der Waals surface area contributed by atoms with Crippen LogP contribution in [-0.2, 0) is 0 Å². The molecule has 5 heteroatoms. The molecule has 4 nitrogen and oxygen atoms in total. The third-order valence-corrected chi connectivity index (χ3v) is 3.11. The van der Waals surface area contributed by atoms with Gasteiger partial charge in [0.2, 0.25) is 0 Å². The van der Waals surface area contributed by atoms with E-state index in [9.17, 15) is 4.79 Å². The molecule has 0 aliphatic heterocycles. The third kappa shape index (κ3) is 3.06. The lowest BCUT2D eigenvalue weighted by Crippen LogP contribution is -2.14. The second kappa shape index (κ2) is 5.75. The van der Waals surface area contributed by atoms with Crippen LogP contribution in [0.25, 0.3) is 0 Å². The number of benzene rings is 2. The Morgan fingerprint density at radius 1 is 1.26 bits per heavy atom. The zero-order valence-corrected chi connectivity index (χ0v) is 11.9. The minimum atomic E-state index is -0.269. The van der Waals surface area contributed by atoms with Gasteiger partial charge >= 0.3 is 0 Å². The largest absolute Gasteiger partial charge is 0.495 e. The molecule has 0 aliphatic carbocycles. The molecule has 0 aromatic heterocycles. The summed E-state index contributed by atoms with van der Waals surface area (Å²) in [5.74, 6) is 0.320. The molecule has 2 aromatic carbocycles. The number of hydrogen-bond acceptors (Lipinski definition) is 3. The molecule has 98 valence electrons. The van der Waals surface area contributed by atoms with E-state index in [-0.39, 0.29) is 5.91 Å². The normalized spacial score (nSPS) is 10.0. The average molecular weight is 321 g/mol. The molecule has 0 aliphatic rings. The Bertz CT molecular complexity index is 614. The lowest BCUT2D eigenvalue weighted by atomic mass is 10.1. The fourth-order valence-corrected chi connectivity index (χ4v) is 2.03. The predicted molar refractivity (Wildman–Crippen MR) is 79.5 cm³/mol. The molecular formula is C14H13BrN2O2. The molecule has 0 fully saturated rings. The van der Waals surface area contributed by atoms with Crippen LogP contribution in [0.15, 0.2) is 46.9 Å². The van der Waals surface area contributed by atoms with Crippen molar-refractivity contribution in [2.75, 3.05) is 18.2 Å². The molecule has 3 N–H and O–H groups in total. The number of para-hydroxylation sites is 1. The first kappa shape index (κ1) is 13.4. The van der Waals surface area contributed by atoms with Crippen molar-refractivity contribution in [2.45, 2.75) is 0 Å². The summed E-state index contributed by atoms with van der Waals surface area (Å²) < 4.78 is 6.05. The standard InChI is InChI=1S/C14H13BrN2O2/c1-19-13-7-6-9(15)8-12(13)17-14(18)10-4-2-3-5-11(10)16/h2-8H,16H2,1H3,(H,17,18). The van der Waals surface area contributed by atoms with Gasteiger partial charge in [-0.25, -0.2) is 0 Å². The van der Waals surface area contributed by atoms with Crippen molar-refractivity contribution in [1.29, 1.82) is 0 Å². The van der Waals surface area contributed by atoms with Gasteiger partial charge in [0, 0.05) is 10.2 Å². The van der Waals surface area contributed by atoms with E-state index in [0.717, 1.165) is 4.47 Å². The molecule has 2 rings (SSSR count). The molecule has 0 heterocycles. The summed E-state index contributed by atoms with van der Waals surface area (Å²) in [5, 5.41) is 2.79. The zero-order valence-electron chi connectivity index (χ0n) is 10.3. The topological polar surface area (TPSA) is 64.3 Å². The van der Waals surface area contributed by atoms with E-state index in [1.807, 2.05) is 6.07 Å². The van der Waals surface area contributed by atoms with Crippen LogP contribution in [0.5, 0.6) is 5.75 Å². The Morgan fingerprint density at radius 2 is 2.00 bits per heavy atom. The van der Waals surface area contributed by atoms with Crippen molar-refractivity contribution in [3.63, 3.8) is 0 Å². The van der Waals surface area contributed by atoms with Crippen LogP contribution in [0.3, 0.4) is 0 Å². The van der Waals surface area contributed by atoms with E-state index in [1.165, 1.54) is 0 Å². The van der Waals surface area contributed by atoms with Gasteiger partial charge < -0.3 is 15.8 Å². The van der Waals surface area contributed by atoms with Gasteiger partial charge in [-0.3, -0.25) is 4.79 Å². The average Bonchev–Trinajstić information content (AvgIpc) is 2.39. The number of rotatable bonds is 3. The summed E-state index contributed by atoms with van der Waals surface area (Å²) in [7, 11) is 1.55. The van der Waals surface area contributed by atoms with Crippen molar-refractivity contribution in [3.05, 3.63) is 52.5 Å². The summed E-state index contributed by atoms with van der Waals surface area (Å²) in [6.45, 7) is 0. The van der Waals surface area contributed by atoms with Crippen LogP contribution >= 0.6 is 15.9 Å². The lowest BCUT2D eigenvalue weighted by molar-refractivity contribution is 0.102. The van der Waals surface area contributed by atoms with E-state index in [0.29, 0.717) is 22.7 Å². The number of nitrogens with two attached hydrogens (primary N) is 1. The number of anilines is 2. The van der Waals surface area contributed by atoms with Crippen molar-refractivity contribution in [2.24, 2.45) is 0 Å². The van der Waals surface area contributed by atoms with Gasteiger partial charge in [-0.1, -0.05) is 28.1 Å². The highest BCUT2D eigenvalue weighted by atomic mass is 79.9. The van der Waals surface area contributed by atoms with Crippen molar-refractivity contribution < 1.29 is 9.53 Å². The van der Waals surface area contributed by atoms with Gasteiger partial charge in [-0.05, 0) is 30.3 Å². The van der Waals surface area contributed by atoms with Crippen LogP contribution in [0.2, 0.25) is 0 Å². The van der Waals surface area contributed by atoms with Crippen molar-refractivity contribution in [1.82, 2.24) is 0 Å². The fraction of sp³-hybridized carbons (Fsp3) is 0.0714. The van der Waals surface area contributed by atoms with Gasteiger partial charge in [0.15, 0.2) is 0 Å². The number of amides is 1. The molecule has 0 saturated carbocycles. The van der Waals surface area contributed by atoms with E-state index in [2.05, 4.69) is 21.2 Å². The molecular weight excluding hydrogens is 308 g/mol. The van der Waals surface area contributed by atoms with Crippen LogP contribution in [0, 0.1) is 0 Å². The van der Waals surface area contributed by atoms with Crippen LogP contribution < -0.4 is 15.8 Å². The monoisotopic (exact) mass is 320 g/mol. The molecule has 2 aromatic rings. The zero-order chi connectivity index (χ0) is 13.8. The highest BCUT2D eigenvalue weighted by Crippen LogP contribution is 2.28. The molecule has 0 unspecified atom stereocenters. The van der Waals surface area contributed by atoms with Crippen LogP contribution in [0.1, 0.15) is 10.4 Å². The lowest BCUT2D eigenvalue weighted by Gasteiger charge is -2.11. The Balaban J connectivity index is 2.29. The summed E-state index contributed by atoms with van der Waals surface area (Å²) in [5.41, 5.74) is 7.24. The number of carbonyl (C=O) groups excluding carboxylic acids is 1. The molecule has 0 radical (unpaired) electrons. The molecule has 0 saturated heterocycles. The van der Waals surface area contributed by atoms with Gasteiger partial charge in [0.1, 0.15) is 5.75 Å². The first-order valence-electron chi connectivity index (χ1n) is 5.61. The number of carbonyl (C=O) groups is 1. The number of nitrogen functional groups attached to an aromatic ring is 1. The number of ether oxygens (including phenoxy) is 1. The number of methoxy groups -OCH3 is 1. The van der Waals surface area contributed by atoms with E-state index >= 15 is 0 Å². The van der Waals surface area contributed by atoms with Crippen molar-refractivity contribution in [3.8, 4) is 5.75 Å².